The predicted octanol–water partition coefficient (Wildman–Crippen LogP) is 0.289. The molecule has 2 aromatic rings. The Morgan fingerprint density at radius 1 is 1.28 bits per heavy atom. The Kier molecular flexibility index (Phi) is 4.77. The van der Waals surface area contributed by atoms with Gasteiger partial charge in [-0.2, -0.15) is 5.21 Å². The van der Waals surface area contributed by atoms with Gasteiger partial charge in [-0.25, -0.2) is 0 Å². The monoisotopic (exact) mass is 416 g/mol. The maximum absolute atomic E-state index is 12.8. The van der Waals surface area contributed by atoms with E-state index in [1.807, 2.05) is 13.8 Å². The van der Waals surface area contributed by atoms with E-state index in [2.05, 4.69) is 25.9 Å². The number of aliphatic carboxylic acids is 1. The van der Waals surface area contributed by atoms with Crippen molar-refractivity contribution in [2.45, 2.75) is 48.9 Å². The maximum Gasteiger partial charge on any atom is 0.307 e. The highest BCUT2D eigenvalue weighted by molar-refractivity contribution is 8.01. The standard InChI is InChI=1S/C18H20N6O4S/c1-18(2)14(15-20-22-23-21-15)24-16(28)13(17(24)29-18)19-11(25)7-9-5-3-4-6-10(9)8-12(26)27/h3-6,13-14,17H,7-8H2,1-2H3,(H,19,25)(H,26,27)(H,20,21,22,23)/t13?,14?,17-/m0/s1. The third-order valence-corrected chi connectivity index (χ3v) is 6.75. The van der Waals surface area contributed by atoms with Crippen LogP contribution in [-0.2, 0) is 27.2 Å². The average molecular weight is 416 g/mol. The number of carbonyl (C=O) groups excluding carboxylic acids is 2. The van der Waals surface area contributed by atoms with E-state index in [1.54, 1.807) is 40.9 Å². The number of β-lactam (4-membered cyclic amide) rings is 1. The van der Waals surface area contributed by atoms with E-state index in [-0.39, 0.29) is 40.8 Å². The maximum atomic E-state index is 12.8. The van der Waals surface area contributed by atoms with Crippen LogP contribution in [0.4, 0.5) is 0 Å². The predicted molar refractivity (Wildman–Crippen MR) is 103 cm³/mol. The fourth-order valence-corrected chi connectivity index (χ4v) is 5.54. The zero-order valence-electron chi connectivity index (χ0n) is 15.8. The molecule has 3 N–H and O–H groups in total. The molecule has 10 nitrogen and oxygen atoms in total. The van der Waals surface area contributed by atoms with Gasteiger partial charge >= 0.3 is 5.97 Å². The van der Waals surface area contributed by atoms with Crippen molar-refractivity contribution in [2.24, 2.45) is 0 Å². The van der Waals surface area contributed by atoms with Gasteiger partial charge in [-0.3, -0.25) is 14.4 Å². The first kappa shape index (κ1) is 19.4. The summed E-state index contributed by atoms with van der Waals surface area (Å²) >= 11 is 1.59. The van der Waals surface area contributed by atoms with Crippen LogP contribution in [0.1, 0.15) is 36.8 Å². The Hall–Kier alpha value is -2.95. The lowest BCUT2D eigenvalue weighted by atomic mass is 9.95. The number of H-pyrrole nitrogens is 1. The summed E-state index contributed by atoms with van der Waals surface area (Å²) in [5, 5.41) is 25.7. The van der Waals surface area contributed by atoms with E-state index in [0.29, 0.717) is 17.0 Å². The van der Waals surface area contributed by atoms with Crippen molar-refractivity contribution in [1.29, 1.82) is 0 Å². The number of carboxylic acid groups (broad SMARTS) is 1. The number of benzene rings is 1. The first-order valence-electron chi connectivity index (χ1n) is 9.09. The lowest BCUT2D eigenvalue weighted by Gasteiger charge is -2.44. The normalized spacial score (nSPS) is 24.7. The lowest BCUT2D eigenvalue weighted by Crippen LogP contribution is -2.68. The minimum atomic E-state index is -0.959. The van der Waals surface area contributed by atoms with E-state index in [1.165, 1.54) is 0 Å². The molecule has 0 aliphatic carbocycles. The molecule has 4 rings (SSSR count). The van der Waals surface area contributed by atoms with Gasteiger partial charge < -0.3 is 15.3 Å². The van der Waals surface area contributed by atoms with Crippen LogP contribution in [-0.4, -0.2) is 64.6 Å². The Bertz CT molecular complexity index is 963. The van der Waals surface area contributed by atoms with Gasteiger partial charge in [0.15, 0.2) is 5.82 Å². The zero-order chi connectivity index (χ0) is 20.8. The Balaban J connectivity index is 1.45. The van der Waals surface area contributed by atoms with E-state index in [9.17, 15) is 14.4 Å². The number of aromatic amines is 1. The molecule has 0 saturated carbocycles. The largest absolute Gasteiger partial charge is 0.481 e. The number of aromatic nitrogens is 4. The van der Waals surface area contributed by atoms with E-state index < -0.39 is 12.0 Å². The van der Waals surface area contributed by atoms with Crippen molar-refractivity contribution < 1.29 is 19.5 Å². The first-order chi connectivity index (χ1) is 13.8. The molecular formula is C18H20N6O4S. The summed E-state index contributed by atoms with van der Waals surface area (Å²) in [6.45, 7) is 4.01. The topological polar surface area (TPSA) is 141 Å². The average Bonchev–Trinajstić information content (AvgIpc) is 3.25. The minimum Gasteiger partial charge on any atom is -0.481 e. The molecule has 2 fully saturated rings. The van der Waals surface area contributed by atoms with Gasteiger partial charge in [-0.15, -0.1) is 22.0 Å². The van der Waals surface area contributed by atoms with E-state index in [4.69, 9.17) is 5.11 Å². The summed E-state index contributed by atoms with van der Waals surface area (Å²) in [6.07, 6.45) is -0.138. The van der Waals surface area contributed by atoms with Crippen molar-refractivity contribution in [2.75, 3.05) is 0 Å². The number of carboxylic acids is 1. The zero-order valence-corrected chi connectivity index (χ0v) is 16.6. The summed E-state index contributed by atoms with van der Waals surface area (Å²) in [5.41, 5.74) is 1.23. The van der Waals surface area contributed by atoms with Crippen molar-refractivity contribution in [3.8, 4) is 0 Å². The molecule has 0 bridgehead atoms. The molecule has 1 aromatic carbocycles. The van der Waals surface area contributed by atoms with Crippen LogP contribution in [0, 0.1) is 0 Å². The number of thioether (sulfide) groups is 1. The molecule has 1 aromatic heterocycles. The molecule has 2 aliphatic heterocycles. The van der Waals surface area contributed by atoms with Gasteiger partial charge in [0.2, 0.25) is 11.8 Å². The van der Waals surface area contributed by atoms with Crippen molar-refractivity contribution in [3.05, 3.63) is 41.2 Å². The van der Waals surface area contributed by atoms with Crippen LogP contribution in [0.25, 0.3) is 0 Å². The number of nitrogens with zero attached hydrogens (tertiary/aromatic N) is 4. The number of fused-ring (bicyclic) bond motifs is 1. The van der Waals surface area contributed by atoms with Crippen LogP contribution in [0.2, 0.25) is 0 Å². The third kappa shape index (κ3) is 3.46. The second-order valence-corrected chi connectivity index (χ2v) is 9.36. The van der Waals surface area contributed by atoms with Gasteiger partial charge in [0.1, 0.15) is 17.5 Å². The molecule has 2 unspecified atom stereocenters. The first-order valence-corrected chi connectivity index (χ1v) is 9.97. The third-order valence-electron chi connectivity index (χ3n) is 5.17. The second-order valence-electron chi connectivity index (χ2n) is 7.59. The van der Waals surface area contributed by atoms with Crippen LogP contribution >= 0.6 is 11.8 Å². The summed E-state index contributed by atoms with van der Waals surface area (Å²) in [6, 6.07) is 5.96. The number of hydrogen-bond acceptors (Lipinski definition) is 7. The number of nitrogens with one attached hydrogen (secondary N) is 2. The number of rotatable bonds is 6. The minimum absolute atomic E-state index is 0.0162. The van der Waals surface area contributed by atoms with Crippen molar-refractivity contribution >= 4 is 29.5 Å². The van der Waals surface area contributed by atoms with Gasteiger partial charge in [0, 0.05) is 4.75 Å². The summed E-state index contributed by atoms with van der Waals surface area (Å²) < 4.78 is -0.336. The number of carbonyl (C=O) groups is 3. The van der Waals surface area contributed by atoms with Crippen LogP contribution in [0.15, 0.2) is 24.3 Å². The molecule has 0 spiro atoms. The number of amides is 2. The van der Waals surface area contributed by atoms with Crippen LogP contribution in [0.3, 0.4) is 0 Å². The number of tetrazole rings is 1. The van der Waals surface area contributed by atoms with Gasteiger partial charge in [0.05, 0.1) is 12.8 Å². The van der Waals surface area contributed by atoms with Crippen molar-refractivity contribution in [1.82, 2.24) is 30.8 Å². The van der Waals surface area contributed by atoms with E-state index in [0.717, 1.165) is 0 Å². The summed E-state index contributed by atoms with van der Waals surface area (Å²) in [5.74, 6) is -1.01. The van der Waals surface area contributed by atoms with Gasteiger partial charge in [-0.1, -0.05) is 29.5 Å². The molecule has 0 radical (unpaired) electrons. The van der Waals surface area contributed by atoms with Gasteiger partial charge in [0.25, 0.3) is 0 Å². The highest BCUT2D eigenvalue weighted by Gasteiger charge is 2.63. The molecule has 152 valence electrons. The highest BCUT2D eigenvalue weighted by atomic mass is 32.2. The summed E-state index contributed by atoms with van der Waals surface area (Å²) in [7, 11) is 0. The molecule has 2 saturated heterocycles. The smallest absolute Gasteiger partial charge is 0.307 e. The molecule has 3 atom stereocenters. The Morgan fingerprint density at radius 3 is 2.59 bits per heavy atom. The molecule has 2 aliphatic rings. The molecule has 3 heterocycles. The number of hydrogen-bond donors (Lipinski definition) is 3. The summed E-state index contributed by atoms with van der Waals surface area (Å²) in [4.78, 5) is 38.1. The molecule has 11 heteroatoms. The Morgan fingerprint density at radius 2 is 1.97 bits per heavy atom. The second kappa shape index (κ2) is 7.14. The SMILES string of the molecule is CC1(C)S[C@H]2C(NC(=O)Cc3ccccc3CC(=O)O)C(=O)N2C1c1nn[nH]n1. The molecule has 29 heavy (non-hydrogen) atoms. The molecular weight excluding hydrogens is 396 g/mol. The van der Waals surface area contributed by atoms with Crippen molar-refractivity contribution in [3.63, 3.8) is 0 Å². The van der Waals surface area contributed by atoms with E-state index >= 15 is 0 Å². The van der Waals surface area contributed by atoms with Crippen LogP contribution < -0.4 is 5.32 Å². The molecule has 2 amide bonds. The fourth-order valence-electron chi connectivity index (χ4n) is 3.91. The highest BCUT2D eigenvalue weighted by Crippen LogP contribution is 2.56. The Labute approximate surface area is 170 Å². The van der Waals surface area contributed by atoms with Crippen LogP contribution in [0.5, 0.6) is 0 Å². The quantitative estimate of drug-likeness (QED) is 0.571. The fraction of sp³-hybridized carbons (Fsp3) is 0.444. The lowest BCUT2D eigenvalue weighted by molar-refractivity contribution is -0.151. The van der Waals surface area contributed by atoms with Gasteiger partial charge in [-0.05, 0) is 25.0 Å².